The molecule has 0 aromatic heterocycles. The topological polar surface area (TPSA) is 0 Å². The van der Waals surface area contributed by atoms with Crippen LogP contribution in [0.4, 0.5) is 0 Å². The Hall–Kier alpha value is -2.83. The van der Waals surface area contributed by atoms with E-state index in [-0.39, 0.29) is 5.41 Å². The zero-order valence-electron chi connectivity index (χ0n) is 17.8. The lowest BCUT2D eigenvalue weighted by molar-refractivity contribution is 0.590. The maximum Gasteiger partial charge on any atom is 0.119 e. The molecule has 0 atom stereocenters. The van der Waals surface area contributed by atoms with Crippen molar-refractivity contribution in [3.05, 3.63) is 131 Å². The predicted octanol–water partition coefficient (Wildman–Crippen LogP) is 8.18. The van der Waals surface area contributed by atoms with Gasteiger partial charge in [0.1, 0.15) is 4.87 Å². The molecule has 4 aromatic rings. The number of benzene rings is 4. The maximum atomic E-state index is 7.38. The van der Waals surface area contributed by atoms with Crippen LogP contribution >= 0.6 is 11.6 Å². The molecule has 0 aliphatic rings. The van der Waals surface area contributed by atoms with Crippen molar-refractivity contribution in [1.82, 2.24) is 0 Å². The standard InChI is InChI=1S/C29H27Cl/c1-28(2,3)24-18-14-22(15-19-24)23-16-20-27(21-17-23)29(30,25-10-6-4-7-11-25)26-12-8-5-9-13-26/h4-21H,1-3H3. The second kappa shape index (κ2) is 8.13. The van der Waals surface area contributed by atoms with Crippen LogP contribution < -0.4 is 0 Å². The first-order valence-electron chi connectivity index (χ1n) is 10.4. The summed E-state index contributed by atoms with van der Waals surface area (Å²) < 4.78 is 0. The summed E-state index contributed by atoms with van der Waals surface area (Å²) in [7, 11) is 0. The molecule has 30 heavy (non-hydrogen) atoms. The third-order valence-electron chi connectivity index (χ3n) is 5.71. The summed E-state index contributed by atoms with van der Waals surface area (Å²) >= 11 is 7.38. The van der Waals surface area contributed by atoms with Crippen LogP contribution in [-0.2, 0) is 10.3 Å². The fraction of sp³-hybridized carbons (Fsp3) is 0.172. The van der Waals surface area contributed by atoms with Gasteiger partial charge >= 0.3 is 0 Å². The minimum Gasteiger partial charge on any atom is -0.104 e. The van der Waals surface area contributed by atoms with Crippen LogP contribution in [0.25, 0.3) is 11.1 Å². The summed E-state index contributed by atoms with van der Waals surface area (Å²) in [6.07, 6.45) is 0. The van der Waals surface area contributed by atoms with E-state index in [2.05, 4.69) is 93.6 Å². The molecule has 0 aliphatic carbocycles. The van der Waals surface area contributed by atoms with Crippen molar-refractivity contribution in [1.29, 1.82) is 0 Å². The average Bonchev–Trinajstić information content (AvgIpc) is 2.79. The Morgan fingerprint density at radius 2 is 0.767 bits per heavy atom. The van der Waals surface area contributed by atoms with Crippen molar-refractivity contribution >= 4 is 11.6 Å². The molecule has 0 saturated carbocycles. The third kappa shape index (κ3) is 3.93. The predicted molar refractivity (Wildman–Crippen MR) is 129 cm³/mol. The first-order valence-corrected chi connectivity index (χ1v) is 10.8. The Balaban J connectivity index is 1.74. The maximum absolute atomic E-state index is 7.38. The second-order valence-electron chi connectivity index (χ2n) is 8.80. The zero-order valence-corrected chi connectivity index (χ0v) is 18.5. The number of rotatable bonds is 4. The molecule has 0 radical (unpaired) electrons. The summed E-state index contributed by atoms with van der Waals surface area (Å²) in [5, 5.41) is 0. The Morgan fingerprint density at radius 3 is 1.13 bits per heavy atom. The van der Waals surface area contributed by atoms with Gasteiger partial charge in [-0.1, -0.05) is 130 Å². The van der Waals surface area contributed by atoms with Crippen LogP contribution in [0, 0.1) is 0 Å². The molecule has 150 valence electrons. The van der Waals surface area contributed by atoms with Gasteiger partial charge in [-0.25, -0.2) is 0 Å². The lowest BCUT2D eigenvalue weighted by Crippen LogP contribution is -2.22. The first-order chi connectivity index (χ1) is 14.4. The van der Waals surface area contributed by atoms with Gasteiger partial charge in [-0.15, -0.1) is 11.6 Å². The number of hydrogen-bond acceptors (Lipinski definition) is 0. The van der Waals surface area contributed by atoms with Crippen LogP contribution in [0.15, 0.2) is 109 Å². The monoisotopic (exact) mass is 410 g/mol. The van der Waals surface area contributed by atoms with Crippen molar-refractivity contribution in [2.24, 2.45) is 0 Å². The van der Waals surface area contributed by atoms with Crippen molar-refractivity contribution in [2.45, 2.75) is 31.1 Å². The fourth-order valence-corrected chi connectivity index (χ4v) is 4.27. The Morgan fingerprint density at radius 1 is 0.433 bits per heavy atom. The third-order valence-corrected chi connectivity index (χ3v) is 6.36. The van der Waals surface area contributed by atoms with Gasteiger partial charge in [0.05, 0.1) is 0 Å². The molecular formula is C29H27Cl. The van der Waals surface area contributed by atoms with Crippen LogP contribution in [0.2, 0.25) is 0 Å². The highest BCUT2D eigenvalue weighted by atomic mass is 35.5. The van der Waals surface area contributed by atoms with Gasteiger partial charge in [0.15, 0.2) is 0 Å². The molecular weight excluding hydrogens is 384 g/mol. The molecule has 4 aromatic carbocycles. The highest BCUT2D eigenvalue weighted by Crippen LogP contribution is 2.43. The molecule has 0 N–H and O–H groups in total. The number of halogens is 1. The average molecular weight is 411 g/mol. The van der Waals surface area contributed by atoms with Crippen molar-refractivity contribution in [3.8, 4) is 11.1 Å². The van der Waals surface area contributed by atoms with E-state index in [0.717, 1.165) is 16.7 Å². The quantitative estimate of drug-likeness (QED) is 0.235. The van der Waals surface area contributed by atoms with E-state index < -0.39 is 4.87 Å². The smallest absolute Gasteiger partial charge is 0.104 e. The van der Waals surface area contributed by atoms with Crippen molar-refractivity contribution < 1.29 is 0 Å². The van der Waals surface area contributed by atoms with Gasteiger partial charge in [-0.3, -0.25) is 0 Å². The molecule has 0 saturated heterocycles. The van der Waals surface area contributed by atoms with Gasteiger partial charge in [-0.05, 0) is 38.8 Å². The summed E-state index contributed by atoms with van der Waals surface area (Å²) in [5.74, 6) is 0. The fourth-order valence-electron chi connectivity index (χ4n) is 3.89. The summed E-state index contributed by atoms with van der Waals surface area (Å²) in [6.45, 7) is 6.72. The van der Waals surface area contributed by atoms with Gasteiger partial charge in [-0.2, -0.15) is 0 Å². The van der Waals surface area contributed by atoms with Crippen LogP contribution in [0.1, 0.15) is 43.0 Å². The first kappa shape index (κ1) is 20.4. The van der Waals surface area contributed by atoms with E-state index in [4.69, 9.17) is 11.6 Å². The molecule has 4 rings (SSSR count). The van der Waals surface area contributed by atoms with Crippen molar-refractivity contribution in [3.63, 3.8) is 0 Å². The molecule has 0 heterocycles. The molecule has 0 fully saturated rings. The number of alkyl halides is 1. The largest absolute Gasteiger partial charge is 0.119 e. The molecule has 0 unspecified atom stereocenters. The van der Waals surface area contributed by atoms with E-state index in [1.165, 1.54) is 16.7 Å². The van der Waals surface area contributed by atoms with E-state index in [9.17, 15) is 0 Å². The minimum absolute atomic E-state index is 0.159. The highest BCUT2D eigenvalue weighted by Gasteiger charge is 2.33. The normalized spacial score (nSPS) is 12.0. The Kier molecular flexibility index (Phi) is 5.54. The van der Waals surface area contributed by atoms with Gasteiger partial charge in [0.25, 0.3) is 0 Å². The van der Waals surface area contributed by atoms with Crippen LogP contribution in [0.5, 0.6) is 0 Å². The minimum atomic E-state index is -0.725. The molecule has 0 spiro atoms. The summed E-state index contributed by atoms with van der Waals surface area (Å²) in [4.78, 5) is -0.725. The Bertz CT molecular complexity index is 1050. The van der Waals surface area contributed by atoms with Gasteiger partial charge < -0.3 is 0 Å². The molecule has 0 bridgehead atoms. The van der Waals surface area contributed by atoms with E-state index in [1.54, 1.807) is 0 Å². The van der Waals surface area contributed by atoms with Gasteiger partial charge in [0.2, 0.25) is 0 Å². The molecule has 0 nitrogen and oxygen atoms in total. The van der Waals surface area contributed by atoms with Gasteiger partial charge in [0, 0.05) is 0 Å². The lowest BCUT2D eigenvalue weighted by Gasteiger charge is -2.29. The van der Waals surface area contributed by atoms with Crippen molar-refractivity contribution in [2.75, 3.05) is 0 Å². The van der Waals surface area contributed by atoms with E-state index in [1.807, 2.05) is 36.4 Å². The summed E-state index contributed by atoms with van der Waals surface area (Å²) in [5.41, 5.74) is 7.12. The van der Waals surface area contributed by atoms with E-state index >= 15 is 0 Å². The second-order valence-corrected chi connectivity index (χ2v) is 9.36. The highest BCUT2D eigenvalue weighted by molar-refractivity contribution is 6.28. The van der Waals surface area contributed by atoms with Crippen LogP contribution in [0.3, 0.4) is 0 Å². The molecule has 0 amide bonds. The SMILES string of the molecule is CC(C)(C)c1ccc(-c2ccc(C(Cl)(c3ccccc3)c3ccccc3)cc2)cc1. The zero-order chi connectivity index (χ0) is 21.2. The molecule has 0 aliphatic heterocycles. The molecule has 1 heteroatoms. The van der Waals surface area contributed by atoms with Crippen LogP contribution in [-0.4, -0.2) is 0 Å². The Labute approximate surface area is 185 Å². The summed E-state index contributed by atoms with van der Waals surface area (Å²) in [6, 6.07) is 38.1. The number of hydrogen-bond donors (Lipinski definition) is 0. The lowest BCUT2D eigenvalue weighted by atomic mass is 9.83. The van der Waals surface area contributed by atoms with E-state index in [0.29, 0.717) is 0 Å².